The summed E-state index contributed by atoms with van der Waals surface area (Å²) in [5.41, 5.74) is 7.27. The Morgan fingerprint density at radius 3 is 2.32 bits per heavy atom. The number of carbonyl (C=O) groups is 4. The molecule has 1 fully saturated rings. The Kier molecular flexibility index (Phi) is 10.3. The van der Waals surface area contributed by atoms with Gasteiger partial charge in [-0.05, 0) is 53.6 Å². The van der Waals surface area contributed by atoms with Gasteiger partial charge in [-0.15, -0.1) is 0 Å². The van der Waals surface area contributed by atoms with Crippen molar-refractivity contribution in [3.8, 4) is 0 Å². The van der Waals surface area contributed by atoms with Crippen molar-refractivity contribution < 1.29 is 28.1 Å². The first kappa shape index (κ1) is 32.5. The highest BCUT2D eigenvalue weighted by molar-refractivity contribution is 6.00. The van der Waals surface area contributed by atoms with E-state index in [1.165, 1.54) is 23.0 Å². The zero-order chi connectivity index (χ0) is 31.9. The molecule has 0 bridgehead atoms. The Balaban J connectivity index is 1.38. The average Bonchev–Trinajstić information content (AvgIpc) is 3.61. The number of quaternary nitrogens is 1. The molecule has 4 amide bonds. The van der Waals surface area contributed by atoms with Gasteiger partial charge in [-0.2, -0.15) is 5.10 Å². The molecule has 1 heterocycles. The minimum atomic E-state index is -1.05. The molecule has 4 N–H and O–H groups in total. The summed E-state index contributed by atoms with van der Waals surface area (Å²) >= 11 is 0. The molecule has 1 aromatic heterocycles. The molecular formula is C33H42FN6O4+. The van der Waals surface area contributed by atoms with Crippen molar-refractivity contribution >= 4 is 29.3 Å². The number of aromatic nitrogens is 2. The number of nitrogens with one attached hydrogen (secondary N) is 2. The fourth-order valence-electron chi connectivity index (χ4n) is 5.88. The summed E-state index contributed by atoms with van der Waals surface area (Å²) < 4.78 is 16.0. The third-order valence-electron chi connectivity index (χ3n) is 8.65. The van der Waals surface area contributed by atoms with Crippen molar-refractivity contribution in [1.82, 2.24) is 15.1 Å². The van der Waals surface area contributed by atoms with Gasteiger partial charge in [-0.25, -0.2) is 9.18 Å². The van der Waals surface area contributed by atoms with E-state index in [0.717, 1.165) is 31.2 Å². The van der Waals surface area contributed by atoms with E-state index in [0.29, 0.717) is 30.6 Å². The van der Waals surface area contributed by atoms with Crippen molar-refractivity contribution in [3.63, 3.8) is 0 Å². The molecule has 0 unspecified atom stereocenters. The zero-order valence-electron chi connectivity index (χ0n) is 25.6. The second kappa shape index (κ2) is 13.9. The van der Waals surface area contributed by atoms with Crippen LogP contribution in [0.5, 0.6) is 0 Å². The van der Waals surface area contributed by atoms with E-state index in [1.807, 2.05) is 26.2 Å². The molecular weight excluding hydrogens is 563 g/mol. The third kappa shape index (κ3) is 8.37. The molecule has 1 aliphatic rings. The molecule has 11 heteroatoms. The monoisotopic (exact) mass is 605 g/mol. The molecule has 1 atom stereocenters. The maximum atomic E-state index is 14.4. The number of nitrogens with two attached hydrogens (primary N) is 1. The predicted octanol–water partition coefficient (Wildman–Crippen LogP) is 3.51. The maximum Gasteiger partial charge on any atom is 0.313 e. The van der Waals surface area contributed by atoms with Gasteiger partial charge in [0.2, 0.25) is 11.8 Å². The molecule has 1 aliphatic carbocycles. The number of rotatable bonds is 13. The number of nitrogens with zero attached hydrogens (tertiary/aromatic N) is 3. The Bertz CT molecular complexity index is 1490. The third-order valence-corrected chi connectivity index (χ3v) is 8.65. The number of halogens is 1. The van der Waals surface area contributed by atoms with E-state index in [9.17, 15) is 23.6 Å². The van der Waals surface area contributed by atoms with Crippen LogP contribution in [0.4, 0.5) is 10.1 Å². The molecule has 0 radical (unpaired) electrons. The summed E-state index contributed by atoms with van der Waals surface area (Å²) in [6.07, 6.45) is 6.39. The van der Waals surface area contributed by atoms with Crippen LogP contribution in [0, 0.1) is 11.2 Å². The summed E-state index contributed by atoms with van der Waals surface area (Å²) in [5.74, 6) is -1.72. The van der Waals surface area contributed by atoms with Crippen LogP contribution in [-0.4, -0.2) is 64.6 Å². The van der Waals surface area contributed by atoms with E-state index in [1.54, 1.807) is 37.4 Å². The fourth-order valence-corrected chi connectivity index (χ4v) is 5.88. The number of likely N-dealkylation sites (N-methyl/N-ethyl adjacent to an activating group) is 1. The van der Waals surface area contributed by atoms with Crippen LogP contribution >= 0.6 is 0 Å². The number of hydrogen-bond acceptors (Lipinski definition) is 5. The van der Waals surface area contributed by atoms with Crippen molar-refractivity contribution in [3.05, 3.63) is 83.4 Å². The summed E-state index contributed by atoms with van der Waals surface area (Å²) in [4.78, 5) is 51.2. The predicted molar refractivity (Wildman–Crippen MR) is 165 cm³/mol. The number of hydrogen-bond donors (Lipinski definition) is 3. The molecule has 44 heavy (non-hydrogen) atoms. The van der Waals surface area contributed by atoms with E-state index >= 15 is 0 Å². The molecule has 1 saturated carbocycles. The first-order valence-electron chi connectivity index (χ1n) is 14.9. The van der Waals surface area contributed by atoms with Gasteiger partial charge < -0.3 is 16.4 Å². The van der Waals surface area contributed by atoms with E-state index in [2.05, 4.69) is 15.7 Å². The lowest BCUT2D eigenvalue weighted by atomic mass is 9.78. The minimum Gasteiger partial charge on any atom is -0.370 e. The normalized spacial score (nSPS) is 15.0. The summed E-state index contributed by atoms with van der Waals surface area (Å²) in [6, 6.07) is 13.9. The SMILES string of the molecule is Cn1nccc1C(=O)N[C@@H](Cc1ccccc1F)C(=O)Nc1ccc(CC[N+](C)(C)C(=O)CC2(CC(N)=O)CCCC2)cc1. The van der Waals surface area contributed by atoms with Crippen LogP contribution in [0.25, 0.3) is 0 Å². The van der Waals surface area contributed by atoms with Crippen LogP contribution in [0.3, 0.4) is 0 Å². The highest BCUT2D eigenvalue weighted by Gasteiger charge is 2.41. The van der Waals surface area contributed by atoms with Crippen molar-refractivity contribution in [2.45, 2.75) is 57.4 Å². The first-order valence-corrected chi connectivity index (χ1v) is 14.9. The molecule has 234 valence electrons. The second-order valence-electron chi connectivity index (χ2n) is 12.4. The zero-order valence-corrected chi connectivity index (χ0v) is 25.6. The largest absolute Gasteiger partial charge is 0.370 e. The first-order chi connectivity index (χ1) is 20.9. The topological polar surface area (TPSA) is 136 Å². The summed E-state index contributed by atoms with van der Waals surface area (Å²) in [6.45, 7) is 0.571. The van der Waals surface area contributed by atoms with Gasteiger partial charge in [0.25, 0.3) is 5.91 Å². The minimum absolute atomic E-state index is 0.0397. The van der Waals surface area contributed by atoms with Gasteiger partial charge in [0.1, 0.15) is 17.6 Å². The van der Waals surface area contributed by atoms with Crippen molar-refractivity contribution in [2.24, 2.45) is 18.2 Å². The smallest absolute Gasteiger partial charge is 0.313 e. The van der Waals surface area contributed by atoms with Crippen LogP contribution in [0.15, 0.2) is 60.8 Å². The lowest BCUT2D eigenvalue weighted by molar-refractivity contribution is -0.814. The van der Waals surface area contributed by atoms with Gasteiger partial charge in [0, 0.05) is 38.2 Å². The molecule has 3 aromatic rings. The Hall–Kier alpha value is -4.38. The van der Waals surface area contributed by atoms with E-state index < -0.39 is 23.7 Å². The van der Waals surface area contributed by atoms with E-state index in [-0.39, 0.29) is 40.2 Å². The van der Waals surface area contributed by atoms with Gasteiger partial charge in [0.15, 0.2) is 0 Å². The number of aryl methyl sites for hydroxylation is 1. The number of primary amides is 1. The summed E-state index contributed by atoms with van der Waals surface area (Å²) in [5, 5.41) is 9.54. The molecule has 0 aliphatic heterocycles. The Labute approximate surface area is 257 Å². The molecule has 0 saturated heterocycles. The number of anilines is 1. The van der Waals surface area contributed by atoms with Crippen molar-refractivity contribution in [1.29, 1.82) is 0 Å². The number of carbonyl (C=O) groups excluding carboxylic acids is 4. The van der Waals surface area contributed by atoms with Crippen LogP contribution in [0.2, 0.25) is 0 Å². The molecule has 10 nitrogen and oxygen atoms in total. The second-order valence-corrected chi connectivity index (χ2v) is 12.4. The standard InChI is InChI=1S/C33H41FN6O4/c1-39-28(14-18-36-39)32(44)38-27(20-24-8-4-5-9-26(24)34)31(43)37-25-12-10-23(11-13-25)15-19-40(2,3)30(42)22-33(21-29(35)41)16-6-7-17-33/h4-5,8-14,18,27H,6-7,15-17,19-22H2,1-3H3,(H3-,35,37,38,41,43,44)/p+1/t27-/m0/s1. The van der Waals surface area contributed by atoms with Gasteiger partial charge in [-0.1, -0.05) is 43.2 Å². The lowest BCUT2D eigenvalue weighted by Crippen LogP contribution is -2.49. The van der Waals surface area contributed by atoms with Gasteiger partial charge >= 0.3 is 5.91 Å². The molecule has 4 rings (SSSR count). The summed E-state index contributed by atoms with van der Waals surface area (Å²) in [7, 11) is 5.40. The number of amides is 4. The van der Waals surface area contributed by atoms with Crippen LogP contribution in [-0.2, 0) is 34.3 Å². The average molecular weight is 606 g/mol. The maximum absolute atomic E-state index is 14.4. The quantitative estimate of drug-likeness (QED) is 0.256. The Morgan fingerprint density at radius 2 is 1.70 bits per heavy atom. The van der Waals surface area contributed by atoms with E-state index in [4.69, 9.17) is 5.73 Å². The number of benzene rings is 2. The Morgan fingerprint density at radius 1 is 1.02 bits per heavy atom. The van der Waals surface area contributed by atoms with Crippen LogP contribution < -0.4 is 16.4 Å². The van der Waals surface area contributed by atoms with Gasteiger partial charge in [-0.3, -0.25) is 23.5 Å². The molecule has 2 aromatic carbocycles. The van der Waals surface area contributed by atoms with Crippen LogP contribution in [0.1, 0.15) is 60.1 Å². The highest BCUT2D eigenvalue weighted by atomic mass is 19.1. The van der Waals surface area contributed by atoms with Gasteiger partial charge in [0.05, 0.1) is 27.1 Å². The molecule has 0 spiro atoms. The fraction of sp³-hybridized carbons (Fsp3) is 0.424. The highest BCUT2D eigenvalue weighted by Crippen LogP contribution is 2.44. The lowest BCUT2D eigenvalue weighted by Gasteiger charge is -2.33. The van der Waals surface area contributed by atoms with Crippen molar-refractivity contribution in [2.75, 3.05) is 26.0 Å².